The predicted octanol–water partition coefficient (Wildman–Crippen LogP) is 1.46. The van der Waals surface area contributed by atoms with Crippen molar-refractivity contribution in [2.24, 2.45) is 0 Å². The summed E-state index contributed by atoms with van der Waals surface area (Å²) in [7, 11) is 0. The van der Waals surface area contributed by atoms with Crippen LogP contribution >= 0.6 is 0 Å². The van der Waals surface area contributed by atoms with Gasteiger partial charge in [0.05, 0.1) is 17.0 Å². The summed E-state index contributed by atoms with van der Waals surface area (Å²) < 4.78 is 0. The second kappa shape index (κ2) is 4.42. The highest BCUT2D eigenvalue weighted by atomic mass is 16.4. The first kappa shape index (κ1) is 12.6. The Morgan fingerprint density at radius 2 is 2.14 bits per heavy atom. The van der Waals surface area contributed by atoms with Gasteiger partial charge in [-0.25, -0.2) is 9.78 Å². The third kappa shape index (κ3) is 1.77. The molecular formula is C14H11N5O3. The third-order valence-electron chi connectivity index (χ3n) is 3.75. The molecule has 1 amide bonds. The smallest absolute Gasteiger partial charge is 0.354 e. The minimum Gasteiger partial charge on any atom is -0.477 e. The molecule has 1 aliphatic heterocycles. The highest BCUT2D eigenvalue weighted by Gasteiger charge is 2.35. The number of para-hydroxylation sites is 2. The Bertz CT molecular complexity index is 877. The second-order valence-electron chi connectivity index (χ2n) is 5.11. The molecule has 8 nitrogen and oxygen atoms in total. The van der Waals surface area contributed by atoms with Crippen molar-refractivity contribution in [2.75, 3.05) is 5.32 Å². The number of amides is 1. The number of carbonyl (C=O) groups excluding carboxylic acids is 1. The maximum Gasteiger partial charge on any atom is 0.354 e. The molecular weight excluding hydrogens is 286 g/mol. The van der Waals surface area contributed by atoms with Gasteiger partial charge in [-0.2, -0.15) is 5.10 Å². The quantitative estimate of drug-likeness (QED) is 0.570. The summed E-state index contributed by atoms with van der Waals surface area (Å²) in [4.78, 5) is 30.8. The number of aromatic carboxylic acids is 1. The van der Waals surface area contributed by atoms with Crippen molar-refractivity contribution in [1.29, 1.82) is 0 Å². The average Bonchev–Trinajstić information content (AvgIpc) is 3.09. The minimum atomic E-state index is -1.12. The molecule has 3 heterocycles. The van der Waals surface area contributed by atoms with Gasteiger partial charge in [0.2, 0.25) is 5.91 Å². The van der Waals surface area contributed by atoms with E-state index in [0.717, 1.165) is 11.0 Å². The van der Waals surface area contributed by atoms with Gasteiger partial charge in [-0.15, -0.1) is 0 Å². The molecule has 1 aromatic carbocycles. The molecule has 0 saturated carbocycles. The van der Waals surface area contributed by atoms with E-state index in [-0.39, 0.29) is 23.8 Å². The number of aromatic nitrogens is 4. The fourth-order valence-corrected chi connectivity index (χ4v) is 2.79. The normalized spacial score (nSPS) is 17.3. The van der Waals surface area contributed by atoms with E-state index in [2.05, 4.69) is 25.5 Å². The average molecular weight is 297 g/mol. The number of hydrogen-bond acceptors (Lipinski definition) is 4. The number of fused-ring (bicyclic) bond motifs is 2. The van der Waals surface area contributed by atoms with Crippen LogP contribution in [0.25, 0.3) is 11.0 Å². The largest absolute Gasteiger partial charge is 0.477 e. The Kier molecular flexibility index (Phi) is 2.52. The number of rotatable bonds is 2. The van der Waals surface area contributed by atoms with Gasteiger partial charge in [0.1, 0.15) is 11.5 Å². The van der Waals surface area contributed by atoms with Crippen molar-refractivity contribution in [1.82, 2.24) is 20.2 Å². The summed E-state index contributed by atoms with van der Waals surface area (Å²) in [6, 6.07) is 7.48. The molecule has 22 heavy (non-hydrogen) atoms. The van der Waals surface area contributed by atoms with Crippen LogP contribution in [0.2, 0.25) is 0 Å². The van der Waals surface area contributed by atoms with Crippen LogP contribution in [0.1, 0.15) is 34.2 Å². The number of H-pyrrole nitrogens is 2. The van der Waals surface area contributed by atoms with E-state index in [9.17, 15) is 14.7 Å². The Morgan fingerprint density at radius 1 is 1.32 bits per heavy atom. The van der Waals surface area contributed by atoms with Crippen molar-refractivity contribution < 1.29 is 14.7 Å². The maximum atomic E-state index is 11.8. The summed E-state index contributed by atoms with van der Waals surface area (Å²) in [5.74, 6) is -1.01. The van der Waals surface area contributed by atoms with Crippen molar-refractivity contribution in [2.45, 2.75) is 12.3 Å². The molecule has 8 heteroatoms. The van der Waals surface area contributed by atoms with Gasteiger partial charge in [0.25, 0.3) is 0 Å². The second-order valence-corrected chi connectivity index (χ2v) is 5.11. The molecule has 4 rings (SSSR count). The molecule has 3 aromatic rings. The van der Waals surface area contributed by atoms with E-state index in [4.69, 9.17) is 0 Å². The molecule has 0 spiro atoms. The van der Waals surface area contributed by atoms with E-state index >= 15 is 0 Å². The Morgan fingerprint density at radius 3 is 2.91 bits per heavy atom. The maximum absolute atomic E-state index is 11.8. The van der Waals surface area contributed by atoms with Crippen molar-refractivity contribution >= 4 is 28.7 Å². The lowest BCUT2D eigenvalue weighted by atomic mass is 9.91. The number of carbonyl (C=O) groups is 2. The molecule has 2 aromatic heterocycles. The van der Waals surface area contributed by atoms with Gasteiger partial charge in [0, 0.05) is 12.0 Å². The zero-order valence-corrected chi connectivity index (χ0v) is 11.3. The number of nitrogens with zero attached hydrogens (tertiary/aromatic N) is 2. The summed E-state index contributed by atoms with van der Waals surface area (Å²) >= 11 is 0. The van der Waals surface area contributed by atoms with Gasteiger partial charge in [0.15, 0.2) is 5.82 Å². The summed E-state index contributed by atoms with van der Waals surface area (Å²) in [5.41, 5.74) is 2.03. The highest BCUT2D eigenvalue weighted by molar-refractivity contribution is 5.98. The lowest BCUT2D eigenvalue weighted by Crippen LogP contribution is -2.25. The van der Waals surface area contributed by atoms with Gasteiger partial charge < -0.3 is 15.4 Å². The molecule has 110 valence electrons. The predicted molar refractivity (Wildman–Crippen MR) is 76.7 cm³/mol. The zero-order valence-electron chi connectivity index (χ0n) is 11.3. The number of nitrogens with one attached hydrogen (secondary N) is 3. The number of anilines is 1. The van der Waals surface area contributed by atoms with E-state index in [1.807, 2.05) is 24.3 Å². The minimum absolute atomic E-state index is 0.0274. The molecule has 0 aliphatic carbocycles. The van der Waals surface area contributed by atoms with Crippen LogP contribution in [-0.2, 0) is 4.79 Å². The van der Waals surface area contributed by atoms with Crippen LogP contribution in [0, 0.1) is 0 Å². The fraction of sp³-hybridized carbons (Fsp3) is 0.143. The van der Waals surface area contributed by atoms with Gasteiger partial charge in [-0.3, -0.25) is 9.89 Å². The van der Waals surface area contributed by atoms with Crippen LogP contribution in [0.5, 0.6) is 0 Å². The van der Waals surface area contributed by atoms with Crippen molar-refractivity contribution in [3.8, 4) is 0 Å². The van der Waals surface area contributed by atoms with Gasteiger partial charge in [-0.1, -0.05) is 12.1 Å². The molecule has 0 fully saturated rings. The summed E-state index contributed by atoms with van der Waals surface area (Å²) in [5, 5.41) is 18.2. The monoisotopic (exact) mass is 297 g/mol. The summed E-state index contributed by atoms with van der Waals surface area (Å²) in [6.45, 7) is 0. The lowest BCUT2D eigenvalue weighted by Gasteiger charge is -2.20. The number of benzene rings is 1. The lowest BCUT2D eigenvalue weighted by molar-refractivity contribution is -0.116. The molecule has 0 radical (unpaired) electrons. The summed E-state index contributed by atoms with van der Waals surface area (Å²) in [6.07, 6.45) is 0.118. The molecule has 0 bridgehead atoms. The number of carboxylic acids is 1. The molecule has 4 N–H and O–H groups in total. The van der Waals surface area contributed by atoms with Gasteiger partial charge >= 0.3 is 5.97 Å². The number of aromatic amines is 2. The molecule has 1 aliphatic rings. The van der Waals surface area contributed by atoms with Crippen LogP contribution in [0.4, 0.5) is 5.82 Å². The van der Waals surface area contributed by atoms with E-state index in [1.165, 1.54) is 0 Å². The first-order valence-corrected chi connectivity index (χ1v) is 6.69. The van der Waals surface area contributed by atoms with Crippen molar-refractivity contribution in [3.05, 3.63) is 41.3 Å². The van der Waals surface area contributed by atoms with Crippen molar-refractivity contribution in [3.63, 3.8) is 0 Å². The Balaban J connectivity index is 1.90. The number of imidazole rings is 1. The van der Waals surface area contributed by atoms with E-state index in [0.29, 0.717) is 11.4 Å². The highest BCUT2D eigenvalue weighted by Crippen LogP contribution is 2.37. The Hall–Kier alpha value is -3.16. The zero-order chi connectivity index (χ0) is 15.3. The van der Waals surface area contributed by atoms with Crippen LogP contribution < -0.4 is 5.32 Å². The first-order chi connectivity index (χ1) is 10.6. The molecule has 1 unspecified atom stereocenters. The van der Waals surface area contributed by atoms with E-state index < -0.39 is 11.9 Å². The number of carboxylic acid groups (broad SMARTS) is 1. The van der Waals surface area contributed by atoms with Crippen LogP contribution in [0.3, 0.4) is 0 Å². The first-order valence-electron chi connectivity index (χ1n) is 6.69. The Labute approximate surface area is 123 Å². The fourth-order valence-electron chi connectivity index (χ4n) is 2.79. The van der Waals surface area contributed by atoms with Crippen LogP contribution in [0.15, 0.2) is 24.3 Å². The standard InChI is InChI=1S/C14H11N5O3/c20-9-5-6(10-11(14(21)22)18-19-13(10)17-9)12-15-7-3-1-2-4-8(7)16-12/h1-4,6H,5H2,(H,15,16)(H,21,22)(H2,17,18,19,20). The molecule has 1 atom stereocenters. The third-order valence-corrected chi connectivity index (χ3v) is 3.75. The SMILES string of the molecule is O=C1CC(c2nc3ccccc3[nH]2)c2c(n[nH]c2C(=O)O)N1. The van der Waals surface area contributed by atoms with E-state index in [1.54, 1.807) is 0 Å². The molecule has 0 saturated heterocycles. The van der Waals surface area contributed by atoms with Crippen LogP contribution in [-0.4, -0.2) is 37.1 Å². The van der Waals surface area contributed by atoms with Gasteiger partial charge in [-0.05, 0) is 12.1 Å². The number of hydrogen-bond donors (Lipinski definition) is 4. The topological polar surface area (TPSA) is 124 Å².